The second kappa shape index (κ2) is 4.80. The lowest BCUT2D eigenvalue weighted by Gasteiger charge is -2.27. The summed E-state index contributed by atoms with van der Waals surface area (Å²) in [5.74, 6) is 0. The van der Waals surface area contributed by atoms with Gasteiger partial charge in [-0.25, -0.2) is 0 Å². The van der Waals surface area contributed by atoms with Gasteiger partial charge in [-0.1, -0.05) is 24.8 Å². The SMILES string of the molecule is C=CC[N+](C)(C)c1ccccc1.[OH-]. The first-order valence-corrected chi connectivity index (χ1v) is 4.16. The molecule has 0 spiro atoms. The first-order chi connectivity index (χ1) is 5.67. The highest BCUT2D eigenvalue weighted by molar-refractivity contribution is 5.41. The molecule has 0 saturated heterocycles. The van der Waals surface area contributed by atoms with E-state index in [2.05, 4.69) is 44.9 Å². The van der Waals surface area contributed by atoms with Gasteiger partial charge in [0.1, 0.15) is 12.2 Å². The quantitative estimate of drug-likeness (QED) is 0.517. The smallest absolute Gasteiger partial charge is 0.132 e. The van der Waals surface area contributed by atoms with Gasteiger partial charge in [-0.3, -0.25) is 4.48 Å². The average molecular weight is 179 g/mol. The molecule has 0 radical (unpaired) electrons. The van der Waals surface area contributed by atoms with Gasteiger partial charge in [-0.05, 0) is 18.2 Å². The summed E-state index contributed by atoms with van der Waals surface area (Å²) in [4.78, 5) is 0. The minimum Gasteiger partial charge on any atom is -0.870 e. The van der Waals surface area contributed by atoms with Crippen LogP contribution in [0.1, 0.15) is 0 Å². The van der Waals surface area contributed by atoms with Crippen molar-refractivity contribution in [2.24, 2.45) is 0 Å². The van der Waals surface area contributed by atoms with E-state index < -0.39 is 0 Å². The Labute approximate surface area is 80.0 Å². The van der Waals surface area contributed by atoms with Crippen molar-refractivity contribution < 1.29 is 5.48 Å². The van der Waals surface area contributed by atoms with E-state index in [1.807, 2.05) is 12.1 Å². The normalized spacial score (nSPS) is 10.3. The zero-order chi connectivity index (χ0) is 9.03. The molecule has 2 heteroatoms. The van der Waals surface area contributed by atoms with Crippen LogP contribution in [0, 0.1) is 0 Å². The van der Waals surface area contributed by atoms with Crippen LogP contribution in [-0.4, -0.2) is 26.1 Å². The maximum atomic E-state index is 3.76. The predicted octanol–water partition coefficient (Wildman–Crippen LogP) is 2.26. The lowest BCUT2D eigenvalue weighted by molar-refractivity contribution is 0.442. The molecule has 0 fully saturated rings. The van der Waals surface area contributed by atoms with Crippen molar-refractivity contribution in [2.75, 3.05) is 20.6 Å². The summed E-state index contributed by atoms with van der Waals surface area (Å²) in [6, 6.07) is 10.5. The van der Waals surface area contributed by atoms with E-state index in [1.54, 1.807) is 0 Å². The molecule has 0 amide bonds. The molecule has 13 heavy (non-hydrogen) atoms. The van der Waals surface area contributed by atoms with E-state index in [4.69, 9.17) is 0 Å². The van der Waals surface area contributed by atoms with Crippen molar-refractivity contribution in [1.29, 1.82) is 0 Å². The van der Waals surface area contributed by atoms with Crippen LogP contribution < -0.4 is 4.48 Å². The number of likely N-dealkylation sites (N-methyl/N-ethyl adjacent to an activating group) is 1. The molecule has 0 saturated carbocycles. The lowest BCUT2D eigenvalue weighted by Crippen LogP contribution is -2.40. The monoisotopic (exact) mass is 179 g/mol. The Hall–Kier alpha value is -1.12. The van der Waals surface area contributed by atoms with Gasteiger partial charge in [0.15, 0.2) is 0 Å². The van der Waals surface area contributed by atoms with E-state index in [0.717, 1.165) is 11.0 Å². The van der Waals surface area contributed by atoms with Crippen LogP contribution in [0.3, 0.4) is 0 Å². The number of hydrogen-bond acceptors (Lipinski definition) is 1. The molecule has 0 heterocycles. The number of quaternary nitrogens is 1. The molecule has 0 aliphatic carbocycles. The van der Waals surface area contributed by atoms with Crippen LogP contribution in [0.25, 0.3) is 0 Å². The number of rotatable bonds is 3. The molecule has 2 nitrogen and oxygen atoms in total. The highest BCUT2D eigenvalue weighted by atomic mass is 16.0. The lowest BCUT2D eigenvalue weighted by atomic mass is 10.2. The molecule has 1 aromatic carbocycles. The fourth-order valence-electron chi connectivity index (χ4n) is 1.26. The molecular formula is C11H17NO. The molecule has 1 aromatic rings. The second-order valence-corrected chi connectivity index (χ2v) is 3.49. The molecule has 0 atom stereocenters. The van der Waals surface area contributed by atoms with Gasteiger partial charge in [0, 0.05) is 0 Å². The summed E-state index contributed by atoms with van der Waals surface area (Å²) in [7, 11) is 4.36. The Balaban J connectivity index is 0.00000144. The van der Waals surface area contributed by atoms with Crippen molar-refractivity contribution in [3.05, 3.63) is 43.0 Å². The summed E-state index contributed by atoms with van der Waals surface area (Å²) in [6.45, 7) is 4.72. The second-order valence-electron chi connectivity index (χ2n) is 3.49. The fraction of sp³-hybridized carbons (Fsp3) is 0.273. The number of benzene rings is 1. The van der Waals surface area contributed by atoms with Gasteiger partial charge in [-0.2, -0.15) is 0 Å². The Morgan fingerprint density at radius 3 is 2.23 bits per heavy atom. The third-order valence-electron chi connectivity index (χ3n) is 2.04. The van der Waals surface area contributed by atoms with Gasteiger partial charge in [0.2, 0.25) is 0 Å². The highest BCUT2D eigenvalue weighted by Gasteiger charge is 2.15. The zero-order valence-corrected chi connectivity index (χ0v) is 8.27. The van der Waals surface area contributed by atoms with Crippen LogP contribution in [-0.2, 0) is 0 Å². The van der Waals surface area contributed by atoms with Gasteiger partial charge in [-0.15, -0.1) is 0 Å². The van der Waals surface area contributed by atoms with Crippen molar-refractivity contribution in [2.45, 2.75) is 0 Å². The number of hydrogen-bond donors (Lipinski definition) is 0. The molecule has 1 N–H and O–H groups in total. The van der Waals surface area contributed by atoms with E-state index in [9.17, 15) is 0 Å². The Morgan fingerprint density at radius 2 is 1.77 bits per heavy atom. The van der Waals surface area contributed by atoms with Crippen LogP contribution in [0.15, 0.2) is 43.0 Å². The highest BCUT2D eigenvalue weighted by Crippen LogP contribution is 2.17. The molecule has 72 valence electrons. The van der Waals surface area contributed by atoms with Crippen LogP contribution in [0.4, 0.5) is 5.69 Å². The van der Waals surface area contributed by atoms with Crippen molar-refractivity contribution in [3.63, 3.8) is 0 Å². The molecule has 0 bridgehead atoms. The van der Waals surface area contributed by atoms with Gasteiger partial charge < -0.3 is 5.48 Å². The molecule has 0 aromatic heterocycles. The predicted molar refractivity (Wildman–Crippen MR) is 57.1 cm³/mol. The fourth-order valence-corrected chi connectivity index (χ4v) is 1.26. The van der Waals surface area contributed by atoms with Crippen LogP contribution >= 0.6 is 0 Å². The number of para-hydroxylation sites is 1. The first-order valence-electron chi connectivity index (χ1n) is 4.16. The topological polar surface area (TPSA) is 30.0 Å². The minimum absolute atomic E-state index is 0. The van der Waals surface area contributed by atoms with E-state index in [0.29, 0.717) is 0 Å². The third kappa shape index (κ3) is 3.01. The molecule has 1 rings (SSSR count). The summed E-state index contributed by atoms with van der Waals surface area (Å²) in [6.07, 6.45) is 1.95. The van der Waals surface area contributed by atoms with Crippen LogP contribution in [0.2, 0.25) is 0 Å². The zero-order valence-electron chi connectivity index (χ0n) is 8.27. The third-order valence-corrected chi connectivity index (χ3v) is 2.04. The van der Waals surface area contributed by atoms with Crippen molar-refractivity contribution >= 4 is 5.69 Å². The maximum Gasteiger partial charge on any atom is 0.132 e. The molecule has 0 unspecified atom stereocenters. The van der Waals surface area contributed by atoms with Gasteiger partial charge in [0.25, 0.3) is 0 Å². The standard InChI is InChI=1S/C11H16N.H2O/c1-4-10-12(2,3)11-8-6-5-7-9-11;/h4-9H,1,10H2,2-3H3;1H2/q+1;/p-1. The first kappa shape index (κ1) is 11.9. The molecular weight excluding hydrogens is 162 g/mol. The summed E-state index contributed by atoms with van der Waals surface area (Å²) < 4.78 is 0.865. The van der Waals surface area contributed by atoms with Crippen molar-refractivity contribution in [1.82, 2.24) is 4.48 Å². The van der Waals surface area contributed by atoms with Gasteiger partial charge >= 0.3 is 0 Å². The van der Waals surface area contributed by atoms with E-state index >= 15 is 0 Å². The summed E-state index contributed by atoms with van der Waals surface area (Å²) in [5.41, 5.74) is 1.32. The van der Waals surface area contributed by atoms with Crippen molar-refractivity contribution in [3.8, 4) is 0 Å². The average Bonchev–Trinajstić information content (AvgIpc) is 2.06. The largest absolute Gasteiger partial charge is 0.870 e. The molecule has 0 aliphatic rings. The maximum absolute atomic E-state index is 3.76. The van der Waals surface area contributed by atoms with E-state index in [1.165, 1.54) is 5.69 Å². The minimum atomic E-state index is 0. The summed E-state index contributed by atoms with van der Waals surface area (Å²) >= 11 is 0. The number of nitrogens with zero attached hydrogens (tertiary/aromatic N) is 1. The Morgan fingerprint density at radius 1 is 1.23 bits per heavy atom. The Bertz CT molecular complexity index is 254. The van der Waals surface area contributed by atoms with E-state index in [-0.39, 0.29) is 5.48 Å². The van der Waals surface area contributed by atoms with Gasteiger partial charge in [0.05, 0.1) is 14.1 Å². The molecule has 0 aliphatic heterocycles. The van der Waals surface area contributed by atoms with Crippen LogP contribution in [0.5, 0.6) is 0 Å². The Kier molecular flexibility index (Phi) is 4.38. The summed E-state index contributed by atoms with van der Waals surface area (Å²) in [5, 5.41) is 0.